The second kappa shape index (κ2) is 9.30. The number of ether oxygens (including phenoxy) is 1. The molecule has 0 bridgehead atoms. The molecule has 0 aliphatic carbocycles. The van der Waals surface area contributed by atoms with Crippen LogP contribution in [-0.2, 0) is 18.3 Å². The summed E-state index contributed by atoms with van der Waals surface area (Å²) >= 11 is 0. The van der Waals surface area contributed by atoms with Crippen LogP contribution in [0.15, 0.2) is 4.99 Å². The second-order valence-electron chi connectivity index (χ2n) is 8.38. The lowest BCUT2D eigenvalue weighted by molar-refractivity contribution is 0.0193. The highest BCUT2D eigenvalue weighted by atomic mass is 16.6. The van der Waals surface area contributed by atoms with Crippen molar-refractivity contribution in [1.82, 2.24) is 25.3 Å². The first kappa shape index (κ1) is 22.0. The molecular formula is C20H36N6O2. The molecule has 0 saturated carbocycles. The van der Waals surface area contributed by atoms with Gasteiger partial charge in [0.2, 0.25) is 0 Å². The molecule has 1 aromatic rings. The third-order valence-corrected chi connectivity index (χ3v) is 4.81. The summed E-state index contributed by atoms with van der Waals surface area (Å²) in [7, 11) is 1.95. The number of hydrogen-bond donors (Lipinski definition) is 2. The van der Waals surface area contributed by atoms with Crippen LogP contribution in [0.4, 0.5) is 4.79 Å². The standard InChI is InChI=1S/C20H36N6O2/c1-8-21-18(22-12-17-14(2)24-25(7)15(17)3)23-16-10-9-11-26(13-16)19(27)28-20(4,5)6/h16H,8-13H2,1-7H3,(H2,21,22,23). The fourth-order valence-electron chi connectivity index (χ4n) is 3.31. The van der Waals surface area contributed by atoms with Gasteiger partial charge in [0.25, 0.3) is 0 Å². The summed E-state index contributed by atoms with van der Waals surface area (Å²) in [6.45, 7) is 14.5. The van der Waals surface area contributed by atoms with Gasteiger partial charge in [-0.25, -0.2) is 9.79 Å². The second-order valence-corrected chi connectivity index (χ2v) is 8.38. The van der Waals surface area contributed by atoms with E-state index in [4.69, 9.17) is 9.73 Å². The summed E-state index contributed by atoms with van der Waals surface area (Å²) in [5.74, 6) is 0.765. The number of carbonyl (C=O) groups is 1. The van der Waals surface area contributed by atoms with Crippen molar-refractivity contribution in [2.24, 2.45) is 12.0 Å². The van der Waals surface area contributed by atoms with E-state index < -0.39 is 5.60 Å². The third-order valence-electron chi connectivity index (χ3n) is 4.81. The number of piperidine rings is 1. The predicted molar refractivity (Wildman–Crippen MR) is 111 cm³/mol. The summed E-state index contributed by atoms with van der Waals surface area (Å²) < 4.78 is 7.41. The SMILES string of the molecule is CCNC(=NCc1c(C)nn(C)c1C)NC1CCCN(C(=O)OC(C)(C)C)C1. The van der Waals surface area contributed by atoms with Crippen LogP contribution in [-0.4, -0.2) is 58.0 Å². The number of amides is 1. The molecule has 0 aromatic carbocycles. The van der Waals surface area contributed by atoms with Gasteiger partial charge in [0.1, 0.15) is 5.60 Å². The normalized spacial score (nSPS) is 18.2. The van der Waals surface area contributed by atoms with Crippen LogP contribution < -0.4 is 10.6 Å². The minimum absolute atomic E-state index is 0.148. The largest absolute Gasteiger partial charge is 0.444 e. The molecule has 1 atom stereocenters. The zero-order chi connectivity index (χ0) is 20.9. The van der Waals surface area contributed by atoms with Gasteiger partial charge in [0.05, 0.1) is 12.2 Å². The van der Waals surface area contributed by atoms with Crippen molar-refractivity contribution in [3.63, 3.8) is 0 Å². The number of carbonyl (C=O) groups excluding carboxylic acids is 1. The van der Waals surface area contributed by atoms with Crippen molar-refractivity contribution >= 4 is 12.1 Å². The Hall–Kier alpha value is -2.25. The van der Waals surface area contributed by atoms with Crippen LogP contribution in [0.5, 0.6) is 0 Å². The molecule has 1 saturated heterocycles. The molecule has 8 heteroatoms. The minimum Gasteiger partial charge on any atom is -0.444 e. The highest BCUT2D eigenvalue weighted by Gasteiger charge is 2.28. The number of hydrogen-bond acceptors (Lipinski definition) is 4. The van der Waals surface area contributed by atoms with Crippen LogP contribution in [0.3, 0.4) is 0 Å². The lowest BCUT2D eigenvalue weighted by atomic mass is 10.1. The van der Waals surface area contributed by atoms with Crippen LogP contribution in [0.25, 0.3) is 0 Å². The predicted octanol–water partition coefficient (Wildman–Crippen LogP) is 2.49. The first-order chi connectivity index (χ1) is 13.1. The molecular weight excluding hydrogens is 356 g/mol. The zero-order valence-corrected chi connectivity index (χ0v) is 18.4. The van der Waals surface area contributed by atoms with E-state index in [0.29, 0.717) is 13.1 Å². The van der Waals surface area contributed by atoms with E-state index >= 15 is 0 Å². The van der Waals surface area contributed by atoms with Gasteiger partial charge in [0, 0.05) is 44.0 Å². The molecule has 1 aliphatic rings. The Morgan fingerprint density at radius 2 is 2.07 bits per heavy atom. The summed E-state index contributed by atoms with van der Waals surface area (Å²) in [6, 6.07) is 0.148. The van der Waals surface area contributed by atoms with Gasteiger partial charge in [-0.15, -0.1) is 0 Å². The fraction of sp³-hybridized carbons (Fsp3) is 0.750. The number of aryl methyl sites for hydroxylation is 2. The molecule has 1 fully saturated rings. The molecule has 2 heterocycles. The number of likely N-dealkylation sites (tertiary alicyclic amines) is 1. The monoisotopic (exact) mass is 392 g/mol. The zero-order valence-electron chi connectivity index (χ0n) is 18.4. The van der Waals surface area contributed by atoms with E-state index in [-0.39, 0.29) is 12.1 Å². The average Bonchev–Trinajstić information content (AvgIpc) is 2.84. The van der Waals surface area contributed by atoms with Crippen LogP contribution in [0.1, 0.15) is 57.5 Å². The summed E-state index contributed by atoms with van der Waals surface area (Å²) in [6.07, 6.45) is 1.69. The van der Waals surface area contributed by atoms with E-state index in [1.54, 1.807) is 4.90 Å². The van der Waals surface area contributed by atoms with Crippen molar-refractivity contribution in [2.75, 3.05) is 19.6 Å². The Labute approximate surface area is 168 Å². The maximum Gasteiger partial charge on any atom is 0.410 e. The molecule has 8 nitrogen and oxygen atoms in total. The van der Waals surface area contributed by atoms with Gasteiger partial charge in [-0.05, 0) is 54.4 Å². The van der Waals surface area contributed by atoms with Crippen LogP contribution in [0.2, 0.25) is 0 Å². The van der Waals surface area contributed by atoms with Crippen molar-refractivity contribution in [3.05, 3.63) is 17.0 Å². The lowest BCUT2D eigenvalue weighted by Gasteiger charge is -2.35. The maximum atomic E-state index is 12.4. The molecule has 158 valence electrons. The molecule has 1 unspecified atom stereocenters. The quantitative estimate of drug-likeness (QED) is 0.608. The number of aliphatic imine (C=N–C) groups is 1. The lowest BCUT2D eigenvalue weighted by Crippen LogP contribution is -2.53. The number of nitrogens with zero attached hydrogens (tertiary/aromatic N) is 4. The van der Waals surface area contributed by atoms with Crippen molar-refractivity contribution in [3.8, 4) is 0 Å². The third kappa shape index (κ3) is 6.14. The number of rotatable bonds is 4. The summed E-state index contributed by atoms with van der Waals surface area (Å²) in [4.78, 5) is 18.9. The smallest absolute Gasteiger partial charge is 0.410 e. The van der Waals surface area contributed by atoms with Crippen molar-refractivity contribution < 1.29 is 9.53 Å². The maximum absolute atomic E-state index is 12.4. The Balaban J connectivity index is 2.01. The van der Waals surface area contributed by atoms with Crippen LogP contribution >= 0.6 is 0 Å². The van der Waals surface area contributed by atoms with E-state index in [9.17, 15) is 4.79 Å². The average molecular weight is 393 g/mol. The van der Waals surface area contributed by atoms with Gasteiger partial charge < -0.3 is 20.3 Å². The minimum atomic E-state index is -0.479. The van der Waals surface area contributed by atoms with E-state index in [1.165, 1.54) is 0 Å². The van der Waals surface area contributed by atoms with Crippen LogP contribution in [0, 0.1) is 13.8 Å². The fourth-order valence-corrected chi connectivity index (χ4v) is 3.31. The number of aromatic nitrogens is 2. The van der Waals surface area contributed by atoms with Crippen molar-refractivity contribution in [1.29, 1.82) is 0 Å². The first-order valence-electron chi connectivity index (χ1n) is 10.1. The molecule has 0 spiro atoms. The van der Waals surface area contributed by atoms with Gasteiger partial charge in [-0.3, -0.25) is 4.68 Å². The molecule has 1 aromatic heterocycles. The summed E-state index contributed by atoms with van der Waals surface area (Å²) in [5.41, 5.74) is 2.81. The molecule has 28 heavy (non-hydrogen) atoms. The van der Waals surface area contributed by atoms with Gasteiger partial charge >= 0.3 is 6.09 Å². The van der Waals surface area contributed by atoms with E-state index in [1.807, 2.05) is 46.3 Å². The highest BCUT2D eigenvalue weighted by molar-refractivity contribution is 5.80. The topological polar surface area (TPSA) is 83.8 Å². The molecule has 1 amide bonds. The van der Waals surface area contributed by atoms with Gasteiger partial charge in [-0.2, -0.15) is 5.10 Å². The molecule has 2 N–H and O–H groups in total. The molecule has 0 radical (unpaired) electrons. The molecule has 2 rings (SSSR count). The van der Waals surface area contributed by atoms with Gasteiger partial charge in [-0.1, -0.05) is 0 Å². The Kier molecular flexibility index (Phi) is 7.32. The molecule has 1 aliphatic heterocycles. The Morgan fingerprint density at radius 1 is 1.36 bits per heavy atom. The summed E-state index contributed by atoms with van der Waals surface area (Å²) in [5, 5.41) is 11.2. The van der Waals surface area contributed by atoms with Crippen molar-refractivity contribution in [2.45, 2.75) is 72.6 Å². The van der Waals surface area contributed by atoms with Gasteiger partial charge in [0.15, 0.2) is 5.96 Å². The highest BCUT2D eigenvalue weighted by Crippen LogP contribution is 2.16. The number of guanidine groups is 1. The van der Waals surface area contributed by atoms with E-state index in [2.05, 4.69) is 22.7 Å². The Bertz CT molecular complexity index is 704. The first-order valence-corrected chi connectivity index (χ1v) is 10.1. The van der Waals surface area contributed by atoms with E-state index in [0.717, 1.165) is 48.8 Å². The Morgan fingerprint density at radius 3 is 2.64 bits per heavy atom. The number of nitrogens with one attached hydrogen (secondary N) is 2.